The monoisotopic (exact) mass is 255 g/mol. The number of hydrogen-bond donors (Lipinski definition) is 0. The Morgan fingerprint density at radius 1 is 1.37 bits per heavy atom. The van der Waals surface area contributed by atoms with Gasteiger partial charge in [-0.05, 0) is 12.1 Å². The Bertz CT molecular complexity index is 690. The van der Waals surface area contributed by atoms with Crippen LogP contribution in [0.15, 0.2) is 30.6 Å². The molecule has 6 heteroatoms. The fourth-order valence-corrected chi connectivity index (χ4v) is 2.29. The first-order chi connectivity index (χ1) is 9.09. The smallest absolute Gasteiger partial charge is 0.290 e. The summed E-state index contributed by atoms with van der Waals surface area (Å²) >= 11 is 0. The van der Waals surface area contributed by atoms with Crippen molar-refractivity contribution in [2.45, 2.75) is 6.54 Å². The van der Waals surface area contributed by atoms with Gasteiger partial charge >= 0.3 is 0 Å². The topological polar surface area (TPSA) is 79.0 Å². The maximum atomic E-state index is 12.2. The summed E-state index contributed by atoms with van der Waals surface area (Å²) in [5.74, 6) is -0.948. The second-order valence-electron chi connectivity index (χ2n) is 4.42. The molecule has 0 unspecified atom stereocenters. The Hall–Kier alpha value is -2.63. The molecule has 1 aromatic carbocycles. The standard InChI is InChI=1S/C13H11N4O2/c1-16-6-10-11(12(14)18)15-7-17(10)9-5-3-2-4-8(9)13(16)19/h2-5,7,14H,6H2,1H3. The number of fused-ring (bicyclic) bond motifs is 3. The Balaban J connectivity index is 2.31. The van der Waals surface area contributed by atoms with Crippen molar-refractivity contribution in [3.63, 3.8) is 0 Å². The van der Waals surface area contributed by atoms with Crippen LogP contribution in [-0.2, 0) is 6.54 Å². The molecule has 19 heavy (non-hydrogen) atoms. The van der Waals surface area contributed by atoms with Crippen LogP contribution < -0.4 is 5.73 Å². The van der Waals surface area contributed by atoms with Gasteiger partial charge in [-0.2, -0.15) is 0 Å². The lowest BCUT2D eigenvalue weighted by molar-refractivity contribution is 0.0785. The predicted molar refractivity (Wildman–Crippen MR) is 66.8 cm³/mol. The molecule has 2 heterocycles. The summed E-state index contributed by atoms with van der Waals surface area (Å²) in [5.41, 5.74) is 9.14. The Morgan fingerprint density at radius 3 is 2.84 bits per heavy atom. The maximum absolute atomic E-state index is 12.2. The molecule has 95 valence electrons. The van der Waals surface area contributed by atoms with E-state index in [0.29, 0.717) is 16.9 Å². The van der Waals surface area contributed by atoms with Gasteiger partial charge in [-0.3, -0.25) is 19.9 Å². The second-order valence-corrected chi connectivity index (χ2v) is 4.42. The van der Waals surface area contributed by atoms with Crippen LogP contribution >= 0.6 is 0 Å². The molecule has 3 rings (SSSR count). The van der Waals surface area contributed by atoms with E-state index in [-0.39, 0.29) is 18.1 Å². The van der Waals surface area contributed by atoms with E-state index in [9.17, 15) is 9.59 Å². The molecule has 1 aliphatic rings. The summed E-state index contributed by atoms with van der Waals surface area (Å²) in [6.07, 6.45) is 1.49. The number of aromatic nitrogens is 2. The van der Waals surface area contributed by atoms with Crippen LogP contribution in [0.1, 0.15) is 26.5 Å². The molecule has 1 N–H and O–H groups in total. The van der Waals surface area contributed by atoms with Gasteiger partial charge in [0, 0.05) is 7.05 Å². The second kappa shape index (κ2) is 3.94. The van der Waals surface area contributed by atoms with Crippen molar-refractivity contribution < 1.29 is 9.59 Å². The molecule has 1 aromatic heterocycles. The van der Waals surface area contributed by atoms with E-state index in [1.54, 1.807) is 29.8 Å². The van der Waals surface area contributed by atoms with Gasteiger partial charge in [0.05, 0.1) is 23.5 Å². The number of para-hydroxylation sites is 1. The average Bonchev–Trinajstić information content (AvgIpc) is 2.77. The lowest BCUT2D eigenvalue weighted by Crippen LogP contribution is -2.25. The van der Waals surface area contributed by atoms with Crippen LogP contribution in [0.4, 0.5) is 0 Å². The summed E-state index contributed by atoms with van der Waals surface area (Å²) in [6, 6.07) is 7.16. The number of carbonyl (C=O) groups is 2. The molecule has 0 aliphatic carbocycles. The van der Waals surface area contributed by atoms with E-state index in [0.717, 1.165) is 0 Å². The van der Waals surface area contributed by atoms with Crippen LogP contribution in [-0.4, -0.2) is 33.3 Å². The SMILES string of the molecule is CN1Cc2c(C([NH])=O)ncn2-c2ccccc2C1=O. The van der Waals surface area contributed by atoms with Gasteiger partial charge in [-0.15, -0.1) is 0 Å². The largest absolute Gasteiger partial charge is 0.336 e. The van der Waals surface area contributed by atoms with E-state index in [2.05, 4.69) is 4.98 Å². The van der Waals surface area contributed by atoms with E-state index >= 15 is 0 Å². The van der Waals surface area contributed by atoms with Crippen LogP contribution in [0.25, 0.3) is 5.69 Å². The summed E-state index contributed by atoms with van der Waals surface area (Å²) in [4.78, 5) is 29.0. The van der Waals surface area contributed by atoms with Gasteiger partial charge in [-0.25, -0.2) is 4.98 Å². The van der Waals surface area contributed by atoms with E-state index in [1.807, 2.05) is 6.07 Å². The van der Waals surface area contributed by atoms with Crippen molar-refractivity contribution in [3.8, 4) is 5.69 Å². The molecular formula is C13H11N4O2. The van der Waals surface area contributed by atoms with Gasteiger partial charge in [0.15, 0.2) is 5.69 Å². The third-order valence-corrected chi connectivity index (χ3v) is 3.21. The quantitative estimate of drug-likeness (QED) is 0.758. The highest BCUT2D eigenvalue weighted by Gasteiger charge is 2.27. The highest BCUT2D eigenvalue weighted by atomic mass is 16.2. The summed E-state index contributed by atoms with van der Waals surface area (Å²) in [5, 5.41) is 0. The molecule has 0 atom stereocenters. The van der Waals surface area contributed by atoms with Crippen LogP contribution in [0.3, 0.4) is 0 Å². The van der Waals surface area contributed by atoms with Crippen molar-refractivity contribution >= 4 is 11.8 Å². The molecule has 0 saturated carbocycles. The molecule has 2 aromatic rings. The first-order valence-corrected chi connectivity index (χ1v) is 5.76. The fraction of sp³-hybridized carbons (Fsp3) is 0.154. The predicted octanol–water partition coefficient (Wildman–Crippen LogP) is 0.881. The number of nitrogens with one attached hydrogen (secondary N) is 1. The fourth-order valence-electron chi connectivity index (χ4n) is 2.29. The molecule has 0 fully saturated rings. The lowest BCUT2D eigenvalue weighted by atomic mass is 10.1. The third-order valence-electron chi connectivity index (χ3n) is 3.21. The van der Waals surface area contributed by atoms with Crippen LogP contribution in [0, 0.1) is 0 Å². The minimum Gasteiger partial charge on any atom is -0.336 e. The Morgan fingerprint density at radius 2 is 2.11 bits per heavy atom. The molecule has 0 spiro atoms. The minimum atomic E-state index is -0.839. The van der Waals surface area contributed by atoms with Crippen LogP contribution in [0.5, 0.6) is 0 Å². The summed E-state index contributed by atoms with van der Waals surface area (Å²) < 4.78 is 1.71. The average molecular weight is 255 g/mol. The van der Waals surface area contributed by atoms with Crippen molar-refractivity contribution in [3.05, 3.63) is 47.5 Å². The normalized spacial score (nSPS) is 13.7. The van der Waals surface area contributed by atoms with Gasteiger partial charge in [0.25, 0.3) is 11.8 Å². The number of rotatable bonds is 1. The molecule has 6 nitrogen and oxygen atoms in total. The maximum Gasteiger partial charge on any atom is 0.290 e. The minimum absolute atomic E-state index is 0.0938. The number of hydrogen-bond acceptors (Lipinski definition) is 3. The lowest BCUT2D eigenvalue weighted by Gasteiger charge is -2.13. The number of nitrogens with zero attached hydrogens (tertiary/aromatic N) is 3. The molecule has 1 radical (unpaired) electrons. The zero-order valence-electron chi connectivity index (χ0n) is 10.3. The zero-order valence-corrected chi connectivity index (χ0v) is 10.3. The number of amides is 2. The van der Waals surface area contributed by atoms with E-state index in [4.69, 9.17) is 5.73 Å². The van der Waals surface area contributed by atoms with Crippen LogP contribution in [0.2, 0.25) is 0 Å². The Labute approximate surface area is 109 Å². The third kappa shape index (κ3) is 1.61. The summed E-state index contributed by atoms with van der Waals surface area (Å²) in [6.45, 7) is 0.257. The van der Waals surface area contributed by atoms with E-state index < -0.39 is 5.91 Å². The first kappa shape index (κ1) is 11.5. The molecule has 1 aliphatic heterocycles. The highest BCUT2D eigenvalue weighted by Crippen LogP contribution is 2.25. The van der Waals surface area contributed by atoms with Crippen molar-refractivity contribution in [2.75, 3.05) is 7.05 Å². The van der Waals surface area contributed by atoms with Crippen molar-refractivity contribution in [1.82, 2.24) is 20.2 Å². The molecule has 0 saturated heterocycles. The number of carbonyl (C=O) groups excluding carboxylic acids is 2. The first-order valence-electron chi connectivity index (χ1n) is 5.76. The highest BCUT2D eigenvalue weighted by molar-refractivity contribution is 5.99. The number of benzene rings is 1. The molecule has 2 amide bonds. The van der Waals surface area contributed by atoms with Gasteiger partial charge in [0.2, 0.25) is 0 Å². The molecular weight excluding hydrogens is 244 g/mol. The van der Waals surface area contributed by atoms with Crippen molar-refractivity contribution in [1.29, 1.82) is 0 Å². The van der Waals surface area contributed by atoms with Gasteiger partial charge < -0.3 is 4.90 Å². The zero-order chi connectivity index (χ0) is 13.6. The summed E-state index contributed by atoms with van der Waals surface area (Å²) in [7, 11) is 1.67. The number of imidazole rings is 1. The van der Waals surface area contributed by atoms with E-state index in [1.165, 1.54) is 11.2 Å². The van der Waals surface area contributed by atoms with Gasteiger partial charge in [0.1, 0.15) is 6.33 Å². The van der Waals surface area contributed by atoms with Gasteiger partial charge in [-0.1, -0.05) is 12.1 Å². The molecule has 0 bridgehead atoms. The Kier molecular flexibility index (Phi) is 2.38. The van der Waals surface area contributed by atoms with Crippen molar-refractivity contribution in [2.24, 2.45) is 0 Å².